The maximum Gasteiger partial charge on any atom is 0.331 e. The summed E-state index contributed by atoms with van der Waals surface area (Å²) in [7, 11) is 0. The van der Waals surface area contributed by atoms with Gasteiger partial charge in [-0.1, -0.05) is 12.1 Å². The first-order valence-corrected chi connectivity index (χ1v) is 9.20. The fraction of sp³-hybridized carbons (Fsp3) is 0.200. The lowest BCUT2D eigenvalue weighted by molar-refractivity contribution is -0.150. The molecular formula is C20H20N2O11. The van der Waals surface area contributed by atoms with Crippen LogP contribution < -0.4 is 10.6 Å². The molecular weight excluding hydrogens is 444 g/mol. The number of carbonyl (C=O) groups is 4. The summed E-state index contributed by atoms with van der Waals surface area (Å²) in [5.74, 6) is -7.74. The molecule has 0 saturated carbocycles. The van der Waals surface area contributed by atoms with Crippen molar-refractivity contribution in [3.63, 3.8) is 0 Å². The fourth-order valence-electron chi connectivity index (χ4n) is 2.52. The first-order chi connectivity index (χ1) is 15.6. The van der Waals surface area contributed by atoms with Gasteiger partial charge in [0.1, 0.15) is 6.61 Å². The van der Waals surface area contributed by atoms with Crippen molar-refractivity contribution in [2.75, 3.05) is 13.2 Å². The van der Waals surface area contributed by atoms with Gasteiger partial charge in [0.05, 0.1) is 17.7 Å². The Labute approximate surface area is 185 Å². The van der Waals surface area contributed by atoms with Gasteiger partial charge in [0, 0.05) is 0 Å². The van der Waals surface area contributed by atoms with Crippen LogP contribution in [0.4, 0.5) is 0 Å². The van der Waals surface area contributed by atoms with Gasteiger partial charge < -0.3 is 46.0 Å². The molecule has 0 aliphatic heterocycles. The smallest absolute Gasteiger partial charge is 0.331 e. The maximum atomic E-state index is 12.2. The second-order valence-electron chi connectivity index (χ2n) is 6.55. The lowest BCUT2D eigenvalue weighted by Crippen LogP contribution is -2.48. The van der Waals surface area contributed by atoms with Crippen LogP contribution in [0, 0.1) is 0 Å². The minimum absolute atomic E-state index is 0.400. The van der Waals surface area contributed by atoms with Crippen molar-refractivity contribution >= 4 is 23.8 Å². The summed E-state index contributed by atoms with van der Waals surface area (Å²) in [5.41, 5.74) is -0.832. The van der Waals surface area contributed by atoms with Gasteiger partial charge in [-0.2, -0.15) is 0 Å². The van der Waals surface area contributed by atoms with Crippen molar-refractivity contribution in [3.05, 3.63) is 47.5 Å². The topological polar surface area (TPSA) is 223 Å². The lowest BCUT2D eigenvalue weighted by Gasteiger charge is -2.19. The summed E-state index contributed by atoms with van der Waals surface area (Å²) in [6, 6.07) is 3.50. The van der Waals surface area contributed by atoms with Gasteiger partial charge in [-0.25, -0.2) is 9.59 Å². The predicted molar refractivity (Wildman–Crippen MR) is 108 cm³/mol. The van der Waals surface area contributed by atoms with E-state index in [2.05, 4.69) is 5.32 Å². The first-order valence-electron chi connectivity index (χ1n) is 9.20. The van der Waals surface area contributed by atoms with Gasteiger partial charge in [-0.15, -0.1) is 0 Å². The van der Waals surface area contributed by atoms with E-state index in [0.717, 1.165) is 24.3 Å². The van der Waals surface area contributed by atoms with Crippen LogP contribution in [0.15, 0.2) is 36.4 Å². The van der Waals surface area contributed by atoms with Gasteiger partial charge in [0.15, 0.2) is 35.1 Å². The number of hydrogen-bond donors (Lipinski definition) is 8. The second-order valence-corrected chi connectivity index (χ2v) is 6.55. The van der Waals surface area contributed by atoms with Crippen LogP contribution in [-0.2, 0) is 14.3 Å². The minimum atomic E-state index is -1.78. The number of amides is 2. The molecule has 0 saturated heterocycles. The summed E-state index contributed by atoms with van der Waals surface area (Å²) in [6.07, 6.45) is 0. The van der Waals surface area contributed by atoms with Crippen LogP contribution in [0.1, 0.15) is 20.7 Å². The number of hydrogen-bond acceptors (Lipinski definition) is 10. The molecule has 2 aromatic rings. The molecule has 2 aromatic carbocycles. The van der Waals surface area contributed by atoms with Crippen LogP contribution in [0.2, 0.25) is 0 Å². The molecule has 0 aliphatic carbocycles. The van der Waals surface area contributed by atoms with Gasteiger partial charge in [0.2, 0.25) is 0 Å². The number of aliphatic hydroxyl groups excluding tert-OH is 1. The molecule has 13 heteroatoms. The molecule has 8 N–H and O–H groups in total. The van der Waals surface area contributed by atoms with E-state index in [9.17, 15) is 49.8 Å². The normalized spacial score (nSPS) is 12.3. The number of carboxylic acids is 1. The minimum Gasteiger partial charge on any atom is -0.504 e. The van der Waals surface area contributed by atoms with Gasteiger partial charge in [0.25, 0.3) is 11.8 Å². The van der Waals surface area contributed by atoms with Crippen LogP contribution in [0.3, 0.4) is 0 Å². The summed E-state index contributed by atoms with van der Waals surface area (Å²) in [5, 5.41) is 61.0. The van der Waals surface area contributed by atoms with E-state index in [-0.39, 0.29) is 0 Å². The molecule has 13 nitrogen and oxygen atoms in total. The van der Waals surface area contributed by atoms with E-state index in [1.54, 1.807) is 0 Å². The van der Waals surface area contributed by atoms with Crippen molar-refractivity contribution < 1.29 is 54.6 Å². The van der Waals surface area contributed by atoms with E-state index in [1.807, 2.05) is 5.32 Å². The summed E-state index contributed by atoms with van der Waals surface area (Å²) >= 11 is 0. The number of aliphatic hydroxyl groups is 1. The molecule has 0 bridgehead atoms. The monoisotopic (exact) mass is 464 g/mol. The SMILES string of the molecule is O=C(NC(COC(=O)C(CO)NC(=O)c1cccc(O)c1O)C(=O)O)c1cccc(O)c1O. The standard InChI is InChI=1S/C20H20N2O11/c23-7-11(21-17(28)9-3-1-5-13(24)15(9)26)20(32)33-8-12(19(30)31)22-18(29)10-4-2-6-14(25)16(10)27/h1-6,11-12,23-27H,7-8H2,(H,21,28)(H,22,29)(H,30,31). The number of phenols is 4. The number of rotatable bonds is 9. The molecule has 2 rings (SSSR count). The number of para-hydroxylation sites is 2. The third-order valence-corrected chi connectivity index (χ3v) is 4.29. The highest BCUT2D eigenvalue weighted by atomic mass is 16.5. The Hall–Kier alpha value is -4.52. The van der Waals surface area contributed by atoms with Crippen molar-refractivity contribution in [2.45, 2.75) is 12.1 Å². The largest absolute Gasteiger partial charge is 0.504 e. The number of aromatic hydroxyl groups is 4. The van der Waals surface area contributed by atoms with Gasteiger partial charge >= 0.3 is 11.9 Å². The van der Waals surface area contributed by atoms with Crippen molar-refractivity contribution in [2.24, 2.45) is 0 Å². The number of benzene rings is 2. The number of aliphatic carboxylic acids is 1. The van der Waals surface area contributed by atoms with Crippen LogP contribution in [0.5, 0.6) is 23.0 Å². The highest BCUT2D eigenvalue weighted by Gasteiger charge is 2.28. The first kappa shape index (κ1) is 24.7. The molecule has 0 aromatic heterocycles. The van der Waals surface area contributed by atoms with Crippen molar-refractivity contribution in [1.29, 1.82) is 0 Å². The zero-order chi connectivity index (χ0) is 24.7. The number of nitrogens with one attached hydrogen (secondary N) is 2. The van der Waals surface area contributed by atoms with Gasteiger partial charge in [-0.3, -0.25) is 9.59 Å². The zero-order valence-electron chi connectivity index (χ0n) is 16.8. The number of phenolic OH excluding ortho intramolecular Hbond substituents is 4. The van der Waals surface area contributed by atoms with E-state index >= 15 is 0 Å². The van der Waals surface area contributed by atoms with E-state index in [4.69, 9.17) is 4.74 Å². The van der Waals surface area contributed by atoms with Crippen molar-refractivity contribution in [3.8, 4) is 23.0 Å². The van der Waals surface area contributed by atoms with Gasteiger partial charge in [-0.05, 0) is 24.3 Å². The summed E-state index contributed by atoms with van der Waals surface area (Å²) in [4.78, 5) is 48.0. The predicted octanol–water partition coefficient (Wildman–Crippen LogP) is -0.974. The third kappa shape index (κ3) is 6.01. The van der Waals surface area contributed by atoms with Crippen LogP contribution >= 0.6 is 0 Å². The van der Waals surface area contributed by atoms with Crippen LogP contribution in [-0.4, -0.2) is 79.7 Å². The Balaban J connectivity index is 2.03. The number of carbonyl (C=O) groups excluding carboxylic acids is 3. The quantitative estimate of drug-likeness (QED) is 0.166. The molecule has 2 unspecified atom stereocenters. The van der Waals surface area contributed by atoms with E-state index < -0.39 is 83.2 Å². The summed E-state index contributed by atoms with van der Waals surface area (Å²) < 4.78 is 4.77. The van der Waals surface area contributed by atoms with E-state index in [1.165, 1.54) is 12.1 Å². The Bertz CT molecular complexity index is 1070. The molecule has 0 fully saturated rings. The average Bonchev–Trinajstić information content (AvgIpc) is 2.77. The molecule has 0 heterocycles. The Morgan fingerprint density at radius 1 is 0.788 bits per heavy atom. The maximum absolute atomic E-state index is 12.2. The third-order valence-electron chi connectivity index (χ3n) is 4.29. The number of ether oxygens (including phenoxy) is 1. The molecule has 2 atom stereocenters. The highest BCUT2D eigenvalue weighted by Crippen LogP contribution is 2.28. The molecule has 2 amide bonds. The Morgan fingerprint density at radius 3 is 1.67 bits per heavy atom. The molecule has 0 aliphatic rings. The average molecular weight is 464 g/mol. The molecule has 33 heavy (non-hydrogen) atoms. The fourth-order valence-corrected chi connectivity index (χ4v) is 2.52. The second kappa shape index (κ2) is 10.7. The highest BCUT2D eigenvalue weighted by molar-refractivity contribution is 6.00. The van der Waals surface area contributed by atoms with Crippen molar-refractivity contribution in [1.82, 2.24) is 10.6 Å². The molecule has 0 spiro atoms. The zero-order valence-corrected chi connectivity index (χ0v) is 16.8. The lowest BCUT2D eigenvalue weighted by atomic mass is 10.1. The number of esters is 1. The number of carboxylic acid groups (broad SMARTS) is 1. The van der Waals surface area contributed by atoms with E-state index in [0.29, 0.717) is 0 Å². The Morgan fingerprint density at radius 2 is 1.24 bits per heavy atom. The molecule has 0 radical (unpaired) electrons. The van der Waals surface area contributed by atoms with Crippen LogP contribution in [0.25, 0.3) is 0 Å². The molecule has 176 valence electrons. The summed E-state index contributed by atoms with van der Waals surface area (Å²) in [6.45, 7) is -1.87. The Kier molecular flexibility index (Phi) is 8.01.